The Morgan fingerprint density at radius 3 is 2.39 bits per heavy atom. The largest absolute Gasteiger partial charge is 0.294 e. The molecule has 0 aliphatic rings. The lowest BCUT2D eigenvalue weighted by Gasteiger charge is -2.06. The molecule has 0 saturated heterocycles. The fraction of sp³-hybridized carbons (Fsp3) is 0.0714. The topological polar surface area (TPSA) is 17.1 Å². The molecular formula is C14H9ClF2O. The van der Waals surface area contributed by atoms with Crippen LogP contribution in [0.25, 0.3) is 11.1 Å². The van der Waals surface area contributed by atoms with Gasteiger partial charge in [0.05, 0.1) is 5.56 Å². The fourth-order valence-corrected chi connectivity index (χ4v) is 1.85. The van der Waals surface area contributed by atoms with Gasteiger partial charge in [0.15, 0.2) is 5.78 Å². The number of hydrogen-bond donors (Lipinski definition) is 0. The van der Waals surface area contributed by atoms with Gasteiger partial charge in [0.25, 0.3) is 0 Å². The molecule has 2 aromatic carbocycles. The van der Waals surface area contributed by atoms with Crippen LogP contribution in [-0.2, 0) is 0 Å². The summed E-state index contributed by atoms with van der Waals surface area (Å²) >= 11 is 5.79. The summed E-state index contributed by atoms with van der Waals surface area (Å²) in [4.78, 5) is 11.2. The van der Waals surface area contributed by atoms with E-state index < -0.39 is 17.4 Å². The summed E-state index contributed by atoms with van der Waals surface area (Å²) in [6.45, 7) is 1.26. The van der Waals surface area contributed by atoms with Crippen molar-refractivity contribution in [3.8, 4) is 11.1 Å². The maximum absolute atomic E-state index is 13.7. The van der Waals surface area contributed by atoms with E-state index >= 15 is 0 Å². The first kappa shape index (κ1) is 12.7. The zero-order chi connectivity index (χ0) is 13.3. The molecule has 0 bridgehead atoms. The molecule has 0 aliphatic heterocycles. The predicted octanol–water partition coefficient (Wildman–Crippen LogP) is 4.49. The zero-order valence-electron chi connectivity index (χ0n) is 9.51. The number of carbonyl (C=O) groups excluding carboxylic acids is 1. The minimum Gasteiger partial charge on any atom is -0.294 e. The molecule has 4 heteroatoms. The highest BCUT2D eigenvalue weighted by Gasteiger charge is 2.11. The standard InChI is InChI=1S/C14H9ClF2O/c1-8(18)11-6-9(2-4-13(11)16)12-7-10(15)3-5-14(12)17/h2-7H,1H3. The Morgan fingerprint density at radius 2 is 1.72 bits per heavy atom. The molecule has 0 spiro atoms. The van der Waals surface area contributed by atoms with E-state index in [2.05, 4.69) is 0 Å². The van der Waals surface area contributed by atoms with Crippen LogP contribution in [0.4, 0.5) is 8.78 Å². The molecule has 0 atom stereocenters. The van der Waals surface area contributed by atoms with Crippen molar-refractivity contribution < 1.29 is 13.6 Å². The minimum atomic E-state index is -0.617. The first-order valence-electron chi connectivity index (χ1n) is 5.25. The maximum Gasteiger partial charge on any atom is 0.162 e. The molecule has 0 aliphatic carbocycles. The summed E-state index contributed by atoms with van der Waals surface area (Å²) in [6, 6.07) is 7.98. The lowest BCUT2D eigenvalue weighted by atomic mass is 10.0. The first-order valence-corrected chi connectivity index (χ1v) is 5.63. The molecule has 18 heavy (non-hydrogen) atoms. The summed E-state index contributed by atoms with van der Waals surface area (Å²) < 4.78 is 27.0. The van der Waals surface area contributed by atoms with Crippen molar-refractivity contribution in [2.45, 2.75) is 6.92 Å². The highest BCUT2D eigenvalue weighted by Crippen LogP contribution is 2.27. The van der Waals surface area contributed by atoms with Crippen molar-refractivity contribution in [2.75, 3.05) is 0 Å². The number of hydrogen-bond acceptors (Lipinski definition) is 1. The first-order chi connectivity index (χ1) is 8.49. The second-order valence-electron chi connectivity index (χ2n) is 3.87. The van der Waals surface area contributed by atoms with Crippen LogP contribution in [0.2, 0.25) is 5.02 Å². The van der Waals surface area contributed by atoms with E-state index in [-0.39, 0.29) is 11.1 Å². The molecule has 2 rings (SSSR count). The van der Waals surface area contributed by atoms with E-state index in [0.29, 0.717) is 10.6 Å². The summed E-state index contributed by atoms with van der Waals surface area (Å²) in [5, 5.41) is 0.375. The predicted molar refractivity (Wildman–Crippen MR) is 66.8 cm³/mol. The van der Waals surface area contributed by atoms with Crippen LogP contribution in [0.5, 0.6) is 0 Å². The van der Waals surface area contributed by atoms with Gasteiger partial charge in [-0.15, -0.1) is 0 Å². The summed E-state index contributed by atoms with van der Waals surface area (Å²) in [7, 11) is 0. The van der Waals surface area contributed by atoms with Gasteiger partial charge < -0.3 is 0 Å². The van der Waals surface area contributed by atoms with Crippen LogP contribution in [0.1, 0.15) is 17.3 Å². The Bertz CT molecular complexity index is 623. The number of benzene rings is 2. The molecule has 0 amide bonds. The maximum atomic E-state index is 13.7. The minimum absolute atomic E-state index is 0.0631. The van der Waals surface area contributed by atoms with Gasteiger partial charge in [-0.25, -0.2) is 8.78 Å². The normalized spacial score (nSPS) is 10.4. The number of halogens is 3. The third kappa shape index (κ3) is 2.41. The van der Waals surface area contributed by atoms with Crippen molar-refractivity contribution >= 4 is 17.4 Å². The highest BCUT2D eigenvalue weighted by atomic mass is 35.5. The molecule has 2 aromatic rings. The molecule has 0 fully saturated rings. The molecule has 0 aromatic heterocycles. The van der Waals surface area contributed by atoms with Crippen LogP contribution in [0, 0.1) is 11.6 Å². The van der Waals surface area contributed by atoms with Crippen LogP contribution < -0.4 is 0 Å². The summed E-state index contributed by atoms with van der Waals surface area (Å²) in [5.74, 6) is -1.49. The molecule has 92 valence electrons. The van der Waals surface area contributed by atoms with Crippen molar-refractivity contribution in [3.63, 3.8) is 0 Å². The van der Waals surface area contributed by atoms with Crippen LogP contribution in [0.3, 0.4) is 0 Å². The quantitative estimate of drug-likeness (QED) is 0.732. The van der Waals surface area contributed by atoms with Gasteiger partial charge in [-0.1, -0.05) is 17.7 Å². The Morgan fingerprint density at radius 1 is 1.06 bits per heavy atom. The highest BCUT2D eigenvalue weighted by molar-refractivity contribution is 6.30. The second-order valence-corrected chi connectivity index (χ2v) is 4.31. The lowest BCUT2D eigenvalue weighted by molar-refractivity contribution is 0.101. The average Bonchev–Trinajstić information content (AvgIpc) is 2.33. The number of carbonyl (C=O) groups is 1. The van der Waals surface area contributed by atoms with Gasteiger partial charge >= 0.3 is 0 Å². The number of ketones is 1. The smallest absolute Gasteiger partial charge is 0.162 e. The fourth-order valence-electron chi connectivity index (χ4n) is 1.68. The van der Waals surface area contributed by atoms with Crippen LogP contribution in [-0.4, -0.2) is 5.78 Å². The molecule has 0 saturated carbocycles. The van der Waals surface area contributed by atoms with Crippen molar-refractivity contribution in [3.05, 3.63) is 58.6 Å². The average molecular weight is 267 g/mol. The van der Waals surface area contributed by atoms with E-state index in [1.165, 1.54) is 37.3 Å². The van der Waals surface area contributed by atoms with E-state index in [9.17, 15) is 13.6 Å². The Kier molecular flexibility index (Phi) is 3.43. The number of Topliss-reactive ketones (excluding diaryl/α,β-unsaturated/α-hetero) is 1. The third-order valence-electron chi connectivity index (χ3n) is 2.59. The number of rotatable bonds is 2. The van der Waals surface area contributed by atoms with Gasteiger partial charge in [0.2, 0.25) is 0 Å². The lowest BCUT2D eigenvalue weighted by Crippen LogP contribution is -1.97. The molecule has 0 unspecified atom stereocenters. The van der Waals surface area contributed by atoms with E-state index in [1.54, 1.807) is 0 Å². The second kappa shape index (κ2) is 4.86. The SMILES string of the molecule is CC(=O)c1cc(-c2cc(Cl)ccc2F)ccc1F. The van der Waals surface area contributed by atoms with Gasteiger partial charge in [0.1, 0.15) is 11.6 Å². The summed E-state index contributed by atoms with van der Waals surface area (Å²) in [5.41, 5.74) is 0.596. The molecule has 1 nitrogen and oxygen atoms in total. The van der Waals surface area contributed by atoms with Gasteiger partial charge in [-0.2, -0.15) is 0 Å². The molecular weight excluding hydrogens is 258 g/mol. The Balaban J connectivity index is 2.61. The molecule has 0 radical (unpaired) electrons. The molecule has 0 heterocycles. The zero-order valence-corrected chi connectivity index (χ0v) is 10.3. The molecule has 0 N–H and O–H groups in total. The summed E-state index contributed by atoms with van der Waals surface area (Å²) in [6.07, 6.45) is 0. The van der Waals surface area contributed by atoms with Gasteiger partial charge in [-0.05, 0) is 42.8 Å². The van der Waals surface area contributed by atoms with Crippen LogP contribution in [0.15, 0.2) is 36.4 Å². The van der Waals surface area contributed by atoms with E-state index in [4.69, 9.17) is 11.6 Å². The van der Waals surface area contributed by atoms with Crippen molar-refractivity contribution in [1.29, 1.82) is 0 Å². The van der Waals surface area contributed by atoms with Crippen molar-refractivity contribution in [1.82, 2.24) is 0 Å². The van der Waals surface area contributed by atoms with Gasteiger partial charge in [-0.3, -0.25) is 4.79 Å². The van der Waals surface area contributed by atoms with Gasteiger partial charge in [0, 0.05) is 10.6 Å². The monoisotopic (exact) mass is 266 g/mol. The van der Waals surface area contributed by atoms with E-state index in [0.717, 1.165) is 6.07 Å². The van der Waals surface area contributed by atoms with Crippen LogP contribution >= 0.6 is 11.6 Å². The Labute approximate surface area is 108 Å². The third-order valence-corrected chi connectivity index (χ3v) is 2.82. The van der Waals surface area contributed by atoms with E-state index in [1.807, 2.05) is 0 Å². The Hall–Kier alpha value is -1.74. The van der Waals surface area contributed by atoms with Crippen molar-refractivity contribution in [2.24, 2.45) is 0 Å².